The first kappa shape index (κ1) is 18.2. The van der Waals surface area contributed by atoms with Gasteiger partial charge >= 0.3 is 12.1 Å². The molecule has 0 bridgehead atoms. The van der Waals surface area contributed by atoms with Crippen LogP contribution in [0.5, 0.6) is 0 Å². The highest BCUT2D eigenvalue weighted by Gasteiger charge is 2.30. The van der Waals surface area contributed by atoms with Crippen LogP contribution in [-0.2, 0) is 9.47 Å². The van der Waals surface area contributed by atoms with E-state index in [1.54, 1.807) is 23.2 Å². The van der Waals surface area contributed by atoms with Crippen molar-refractivity contribution in [1.29, 1.82) is 0 Å². The van der Waals surface area contributed by atoms with Crippen LogP contribution in [0.1, 0.15) is 49.3 Å². The van der Waals surface area contributed by atoms with Gasteiger partial charge in [-0.3, -0.25) is 4.90 Å². The van der Waals surface area contributed by atoms with Gasteiger partial charge in [-0.05, 0) is 45.4 Å². The first-order chi connectivity index (χ1) is 11.3. The average molecular weight is 335 g/mol. The largest absolute Gasteiger partial charge is 0.464 e. The molecule has 1 unspecified atom stereocenters. The summed E-state index contributed by atoms with van der Waals surface area (Å²) >= 11 is 0. The lowest BCUT2D eigenvalue weighted by Crippen LogP contribution is -2.41. The van der Waals surface area contributed by atoms with E-state index in [0.717, 1.165) is 18.5 Å². The van der Waals surface area contributed by atoms with Crippen LogP contribution in [0, 0.1) is 0 Å². The SMILES string of the molecule is COC(=O)c1ccc(C2CNCCCN2C(=O)OC(C)(C)C)cn1. The van der Waals surface area contributed by atoms with Crippen molar-refractivity contribution in [2.75, 3.05) is 26.7 Å². The van der Waals surface area contributed by atoms with E-state index in [9.17, 15) is 9.59 Å². The monoisotopic (exact) mass is 335 g/mol. The molecule has 132 valence electrons. The number of aromatic nitrogens is 1. The molecule has 0 spiro atoms. The highest BCUT2D eigenvalue weighted by molar-refractivity contribution is 5.87. The van der Waals surface area contributed by atoms with Crippen LogP contribution in [0.2, 0.25) is 0 Å². The summed E-state index contributed by atoms with van der Waals surface area (Å²) in [5.74, 6) is -0.482. The highest BCUT2D eigenvalue weighted by Crippen LogP contribution is 2.24. The molecule has 2 rings (SSSR count). The fourth-order valence-corrected chi connectivity index (χ4v) is 2.54. The molecule has 0 radical (unpaired) electrons. The lowest BCUT2D eigenvalue weighted by Gasteiger charge is -2.32. The predicted octanol–water partition coefficient (Wildman–Crippen LogP) is 2.14. The van der Waals surface area contributed by atoms with Gasteiger partial charge in [-0.15, -0.1) is 0 Å². The zero-order chi connectivity index (χ0) is 17.7. The Morgan fingerprint density at radius 2 is 2.08 bits per heavy atom. The Balaban J connectivity index is 2.22. The summed E-state index contributed by atoms with van der Waals surface area (Å²) in [6.07, 6.45) is 2.12. The molecule has 0 aromatic carbocycles. The van der Waals surface area contributed by atoms with Crippen molar-refractivity contribution in [3.63, 3.8) is 0 Å². The summed E-state index contributed by atoms with van der Waals surface area (Å²) in [4.78, 5) is 29.9. The molecule has 1 fully saturated rings. The lowest BCUT2D eigenvalue weighted by molar-refractivity contribution is 0.0173. The van der Waals surface area contributed by atoms with Crippen LogP contribution in [0.25, 0.3) is 0 Å². The third kappa shape index (κ3) is 4.67. The molecule has 24 heavy (non-hydrogen) atoms. The summed E-state index contributed by atoms with van der Waals surface area (Å²) in [5, 5.41) is 3.32. The summed E-state index contributed by atoms with van der Waals surface area (Å²) in [6, 6.07) is 3.22. The molecule has 1 atom stereocenters. The molecule has 7 nitrogen and oxygen atoms in total. The van der Waals surface area contributed by atoms with Gasteiger partial charge in [-0.25, -0.2) is 14.6 Å². The maximum atomic E-state index is 12.6. The second-order valence-corrected chi connectivity index (χ2v) is 6.72. The Morgan fingerprint density at radius 3 is 2.67 bits per heavy atom. The summed E-state index contributed by atoms with van der Waals surface area (Å²) < 4.78 is 10.2. The van der Waals surface area contributed by atoms with Crippen LogP contribution in [-0.4, -0.2) is 54.3 Å². The molecule has 2 heterocycles. The summed E-state index contributed by atoms with van der Waals surface area (Å²) in [6.45, 7) is 7.60. The van der Waals surface area contributed by atoms with Gasteiger partial charge in [0, 0.05) is 19.3 Å². The Hall–Kier alpha value is -2.15. The number of nitrogens with zero attached hydrogens (tertiary/aromatic N) is 2. The van der Waals surface area contributed by atoms with Crippen LogP contribution >= 0.6 is 0 Å². The number of rotatable bonds is 2. The summed E-state index contributed by atoms with van der Waals surface area (Å²) in [5.41, 5.74) is 0.545. The highest BCUT2D eigenvalue weighted by atomic mass is 16.6. The van der Waals surface area contributed by atoms with E-state index in [0.29, 0.717) is 13.1 Å². The van der Waals surface area contributed by atoms with Gasteiger partial charge in [-0.1, -0.05) is 6.07 Å². The molecular formula is C17H25N3O4. The van der Waals surface area contributed by atoms with E-state index in [4.69, 9.17) is 4.74 Å². The number of carbonyl (C=O) groups is 2. The van der Waals surface area contributed by atoms with E-state index >= 15 is 0 Å². The van der Waals surface area contributed by atoms with E-state index < -0.39 is 11.6 Å². The van der Waals surface area contributed by atoms with Gasteiger partial charge in [0.2, 0.25) is 0 Å². The smallest absolute Gasteiger partial charge is 0.410 e. The fourth-order valence-electron chi connectivity index (χ4n) is 2.54. The number of pyridine rings is 1. The molecule has 1 aliphatic heterocycles. The molecule has 0 aliphatic carbocycles. The third-order valence-corrected chi connectivity index (χ3v) is 3.66. The molecule has 1 saturated heterocycles. The minimum Gasteiger partial charge on any atom is -0.464 e. The Kier molecular flexibility index (Phi) is 5.77. The van der Waals surface area contributed by atoms with Crippen molar-refractivity contribution < 1.29 is 19.1 Å². The third-order valence-electron chi connectivity index (χ3n) is 3.66. The van der Waals surface area contributed by atoms with Crippen LogP contribution in [0.15, 0.2) is 18.3 Å². The first-order valence-corrected chi connectivity index (χ1v) is 8.06. The molecule has 1 aromatic heterocycles. The number of esters is 1. The van der Waals surface area contributed by atoms with Crippen LogP contribution < -0.4 is 5.32 Å². The van der Waals surface area contributed by atoms with Crippen molar-refractivity contribution in [3.8, 4) is 0 Å². The number of hydrogen-bond donors (Lipinski definition) is 1. The number of ether oxygens (including phenoxy) is 2. The minimum atomic E-state index is -0.547. The molecule has 0 saturated carbocycles. The summed E-state index contributed by atoms with van der Waals surface area (Å²) in [7, 11) is 1.32. The van der Waals surface area contributed by atoms with Crippen molar-refractivity contribution in [2.45, 2.75) is 38.8 Å². The number of nitrogens with one attached hydrogen (secondary N) is 1. The van der Waals surface area contributed by atoms with Gasteiger partial charge in [0.05, 0.1) is 13.2 Å². The standard InChI is InChI=1S/C17H25N3O4/c1-17(2,3)24-16(22)20-9-5-8-18-11-14(20)12-6-7-13(19-10-12)15(21)23-4/h6-7,10,14,18H,5,8-9,11H2,1-4H3. The quantitative estimate of drug-likeness (QED) is 0.834. The molecule has 1 aliphatic rings. The van der Waals surface area contributed by atoms with E-state index in [1.165, 1.54) is 7.11 Å². The fraction of sp³-hybridized carbons (Fsp3) is 0.588. The van der Waals surface area contributed by atoms with E-state index in [2.05, 4.69) is 15.0 Å². The maximum absolute atomic E-state index is 12.6. The number of carbonyl (C=O) groups excluding carboxylic acids is 2. The van der Waals surface area contributed by atoms with Gasteiger partial charge in [-0.2, -0.15) is 0 Å². The van der Waals surface area contributed by atoms with Crippen molar-refractivity contribution in [2.24, 2.45) is 0 Å². The van der Waals surface area contributed by atoms with Crippen molar-refractivity contribution >= 4 is 12.1 Å². The van der Waals surface area contributed by atoms with Crippen molar-refractivity contribution in [1.82, 2.24) is 15.2 Å². The Labute approximate surface area is 142 Å². The topological polar surface area (TPSA) is 80.8 Å². The number of amides is 1. The Morgan fingerprint density at radius 1 is 1.33 bits per heavy atom. The first-order valence-electron chi connectivity index (χ1n) is 8.06. The average Bonchev–Trinajstić information content (AvgIpc) is 2.78. The second-order valence-electron chi connectivity index (χ2n) is 6.72. The van der Waals surface area contributed by atoms with Gasteiger partial charge in [0.15, 0.2) is 0 Å². The zero-order valence-corrected chi connectivity index (χ0v) is 14.7. The number of methoxy groups -OCH3 is 1. The van der Waals surface area contributed by atoms with E-state index in [1.807, 2.05) is 20.8 Å². The molecule has 7 heteroatoms. The predicted molar refractivity (Wildman–Crippen MR) is 88.7 cm³/mol. The Bertz CT molecular complexity index is 580. The second kappa shape index (κ2) is 7.61. The maximum Gasteiger partial charge on any atom is 0.410 e. The molecule has 1 aromatic rings. The van der Waals surface area contributed by atoms with Crippen molar-refractivity contribution in [3.05, 3.63) is 29.6 Å². The normalized spacial score (nSPS) is 18.7. The van der Waals surface area contributed by atoms with Gasteiger partial charge in [0.25, 0.3) is 0 Å². The van der Waals surface area contributed by atoms with Gasteiger partial charge < -0.3 is 14.8 Å². The molecule has 1 amide bonds. The molecular weight excluding hydrogens is 310 g/mol. The zero-order valence-electron chi connectivity index (χ0n) is 14.7. The van der Waals surface area contributed by atoms with E-state index in [-0.39, 0.29) is 17.8 Å². The molecule has 1 N–H and O–H groups in total. The lowest BCUT2D eigenvalue weighted by atomic mass is 10.1. The van der Waals surface area contributed by atoms with Crippen LogP contribution in [0.3, 0.4) is 0 Å². The minimum absolute atomic E-state index is 0.193. The van der Waals surface area contributed by atoms with Crippen LogP contribution in [0.4, 0.5) is 4.79 Å². The van der Waals surface area contributed by atoms with Gasteiger partial charge in [0.1, 0.15) is 11.3 Å². The number of hydrogen-bond acceptors (Lipinski definition) is 6.